The highest BCUT2D eigenvalue weighted by molar-refractivity contribution is 7.13. The Morgan fingerprint density at radius 1 is 1.19 bits per heavy atom. The summed E-state index contributed by atoms with van der Waals surface area (Å²) in [7, 11) is 0. The van der Waals surface area contributed by atoms with Crippen molar-refractivity contribution in [3.8, 4) is 0 Å². The van der Waals surface area contributed by atoms with Crippen molar-refractivity contribution >= 4 is 23.3 Å². The standard InChI is InChI=1S/C10H13NO4S/c1-4-14-9(12)7-8(10(13)15-5-2)16-6(3)11-7/h4-5H2,1-3H3. The van der Waals surface area contributed by atoms with Crippen molar-refractivity contribution in [2.45, 2.75) is 20.8 Å². The van der Waals surface area contributed by atoms with Crippen LogP contribution in [0.25, 0.3) is 0 Å². The summed E-state index contributed by atoms with van der Waals surface area (Å²) in [6.45, 7) is 5.63. The lowest BCUT2D eigenvalue weighted by Crippen LogP contribution is -2.12. The van der Waals surface area contributed by atoms with Crippen molar-refractivity contribution < 1.29 is 19.1 Å². The van der Waals surface area contributed by atoms with Crippen LogP contribution in [0.4, 0.5) is 0 Å². The maximum absolute atomic E-state index is 11.5. The van der Waals surface area contributed by atoms with Gasteiger partial charge in [0.15, 0.2) is 5.69 Å². The number of aromatic nitrogens is 1. The number of carbonyl (C=O) groups excluding carboxylic acids is 2. The van der Waals surface area contributed by atoms with Gasteiger partial charge in [0.05, 0.1) is 18.2 Å². The summed E-state index contributed by atoms with van der Waals surface area (Å²) in [4.78, 5) is 27.2. The Balaban J connectivity index is 2.99. The van der Waals surface area contributed by atoms with E-state index in [0.717, 1.165) is 11.3 Å². The first-order valence-corrected chi connectivity index (χ1v) is 5.73. The molecule has 1 heterocycles. The van der Waals surface area contributed by atoms with Crippen molar-refractivity contribution in [2.24, 2.45) is 0 Å². The molecule has 6 heteroatoms. The molecule has 88 valence electrons. The van der Waals surface area contributed by atoms with Crippen molar-refractivity contribution in [3.63, 3.8) is 0 Å². The number of hydrogen-bond acceptors (Lipinski definition) is 6. The van der Waals surface area contributed by atoms with Crippen molar-refractivity contribution in [2.75, 3.05) is 13.2 Å². The zero-order chi connectivity index (χ0) is 12.1. The van der Waals surface area contributed by atoms with Crippen LogP contribution in [-0.2, 0) is 9.47 Å². The van der Waals surface area contributed by atoms with Crippen LogP contribution in [0.3, 0.4) is 0 Å². The Morgan fingerprint density at radius 2 is 1.75 bits per heavy atom. The number of carbonyl (C=O) groups is 2. The second kappa shape index (κ2) is 5.60. The average Bonchev–Trinajstić information content (AvgIpc) is 2.61. The number of esters is 2. The Morgan fingerprint density at radius 3 is 2.31 bits per heavy atom. The average molecular weight is 243 g/mol. The predicted octanol–water partition coefficient (Wildman–Crippen LogP) is 1.80. The van der Waals surface area contributed by atoms with Gasteiger partial charge in [-0.2, -0.15) is 0 Å². The summed E-state index contributed by atoms with van der Waals surface area (Å²) in [5.41, 5.74) is 0.0443. The van der Waals surface area contributed by atoms with Crippen LogP contribution in [0.15, 0.2) is 0 Å². The largest absolute Gasteiger partial charge is 0.462 e. The Hall–Kier alpha value is -1.43. The van der Waals surface area contributed by atoms with Gasteiger partial charge in [0.25, 0.3) is 0 Å². The van der Waals surface area contributed by atoms with E-state index in [2.05, 4.69) is 4.98 Å². The van der Waals surface area contributed by atoms with Crippen molar-refractivity contribution in [3.05, 3.63) is 15.6 Å². The monoisotopic (exact) mass is 243 g/mol. The minimum absolute atomic E-state index is 0.0443. The van der Waals surface area contributed by atoms with E-state index in [9.17, 15) is 9.59 Å². The molecule has 0 fully saturated rings. The van der Waals surface area contributed by atoms with Gasteiger partial charge in [-0.25, -0.2) is 14.6 Å². The number of rotatable bonds is 4. The lowest BCUT2D eigenvalue weighted by Gasteiger charge is -2.01. The fourth-order valence-electron chi connectivity index (χ4n) is 1.10. The fraction of sp³-hybridized carbons (Fsp3) is 0.500. The van der Waals surface area contributed by atoms with E-state index in [0.29, 0.717) is 5.01 Å². The molecular weight excluding hydrogens is 230 g/mol. The topological polar surface area (TPSA) is 65.5 Å². The van der Waals surface area contributed by atoms with Crippen LogP contribution < -0.4 is 0 Å². The molecule has 0 amide bonds. The van der Waals surface area contributed by atoms with Gasteiger partial charge in [0, 0.05) is 0 Å². The smallest absolute Gasteiger partial charge is 0.358 e. The van der Waals surface area contributed by atoms with Crippen LogP contribution in [0.2, 0.25) is 0 Å². The number of hydrogen-bond donors (Lipinski definition) is 0. The summed E-state index contributed by atoms with van der Waals surface area (Å²) in [5.74, 6) is -1.12. The molecule has 0 saturated carbocycles. The van der Waals surface area contributed by atoms with Crippen LogP contribution in [-0.4, -0.2) is 30.1 Å². The number of aryl methyl sites for hydroxylation is 1. The third kappa shape index (κ3) is 2.79. The van der Waals surface area contributed by atoms with E-state index in [-0.39, 0.29) is 23.8 Å². The van der Waals surface area contributed by atoms with Crippen LogP contribution >= 0.6 is 11.3 Å². The molecule has 5 nitrogen and oxygen atoms in total. The quantitative estimate of drug-likeness (QED) is 0.754. The Bertz CT molecular complexity index is 364. The maximum Gasteiger partial charge on any atom is 0.358 e. The zero-order valence-corrected chi connectivity index (χ0v) is 10.2. The van der Waals surface area contributed by atoms with Gasteiger partial charge in [0.1, 0.15) is 4.88 Å². The molecule has 0 aliphatic rings. The molecule has 1 aromatic rings. The van der Waals surface area contributed by atoms with Gasteiger partial charge < -0.3 is 9.47 Å². The van der Waals surface area contributed by atoms with E-state index in [1.807, 2.05) is 0 Å². The second-order valence-corrected chi connectivity index (χ2v) is 4.05. The number of thiazole rings is 1. The summed E-state index contributed by atoms with van der Waals surface area (Å²) in [6, 6.07) is 0. The summed E-state index contributed by atoms with van der Waals surface area (Å²) < 4.78 is 9.64. The molecule has 0 saturated heterocycles. The molecule has 0 bridgehead atoms. The van der Waals surface area contributed by atoms with Crippen molar-refractivity contribution in [1.29, 1.82) is 0 Å². The third-order valence-electron chi connectivity index (χ3n) is 1.66. The van der Waals surface area contributed by atoms with E-state index < -0.39 is 11.9 Å². The third-order valence-corrected chi connectivity index (χ3v) is 2.61. The van der Waals surface area contributed by atoms with Gasteiger partial charge in [-0.05, 0) is 20.8 Å². The van der Waals surface area contributed by atoms with Gasteiger partial charge >= 0.3 is 11.9 Å². The summed E-state index contributed by atoms with van der Waals surface area (Å²) in [5, 5.41) is 0.631. The SMILES string of the molecule is CCOC(=O)c1nc(C)sc1C(=O)OCC. The minimum atomic E-state index is -0.588. The molecule has 0 atom stereocenters. The van der Waals surface area contributed by atoms with Crippen LogP contribution in [0.5, 0.6) is 0 Å². The molecule has 1 aromatic heterocycles. The summed E-state index contributed by atoms with van der Waals surface area (Å²) in [6.07, 6.45) is 0. The zero-order valence-electron chi connectivity index (χ0n) is 9.40. The fourth-order valence-corrected chi connectivity index (χ4v) is 1.90. The molecule has 0 radical (unpaired) electrons. The molecular formula is C10H13NO4S. The molecule has 0 N–H and O–H groups in total. The first-order chi connectivity index (χ1) is 7.60. The van der Waals surface area contributed by atoms with Gasteiger partial charge in [-0.1, -0.05) is 0 Å². The molecule has 0 spiro atoms. The first kappa shape index (κ1) is 12.6. The van der Waals surface area contributed by atoms with Gasteiger partial charge in [0.2, 0.25) is 0 Å². The number of ether oxygens (including phenoxy) is 2. The lowest BCUT2D eigenvalue weighted by atomic mass is 10.3. The molecule has 1 rings (SSSR count). The first-order valence-electron chi connectivity index (χ1n) is 4.91. The lowest BCUT2D eigenvalue weighted by molar-refractivity contribution is 0.0479. The Labute approximate surface area is 97.4 Å². The molecule has 0 unspecified atom stereocenters. The normalized spacial score (nSPS) is 9.94. The molecule has 16 heavy (non-hydrogen) atoms. The summed E-state index contributed by atoms with van der Waals surface area (Å²) >= 11 is 1.13. The highest BCUT2D eigenvalue weighted by Crippen LogP contribution is 2.20. The van der Waals surface area contributed by atoms with E-state index in [1.165, 1.54) is 0 Å². The minimum Gasteiger partial charge on any atom is -0.462 e. The molecule has 0 aliphatic carbocycles. The molecule has 0 aromatic carbocycles. The molecule has 0 aliphatic heterocycles. The van der Waals surface area contributed by atoms with E-state index in [4.69, 9.17) is 9.47 Å². The number of nitrogens with zero attached hydrogens (tertiary/aromatic N) is 1. The van der Waals surface area contributed by atoms with E-state index in [1.54, 1.807) is 20.8 Å². The maximum atomic E-state index is 11.5. The van der Waals surface area contributed by atoms with Crippen LogP contribution in [0, 0.1) is 6.92 Å². The van der Waals surface area contributed by atoms with Gasteiger partial charge in [-0.3, -0.25) is 0 Å². The highest BCUT2D eigenvalue weighted by Gasteiger charge is 2.24. The van der Waals surface area contributed by atoms with Crippen molar-refractivity contribution in [1.82, 2.24) is 4.98 Å². The highest BCUT2D eigenvalue weighted by atomic mass is 32.1. The van der Waals surface area contributed by atoms with Crippen LogP contribution in [0.1, 0.15) is 39.0 Å². The Kier molecular flexibility index (Phi) is 4.42. The second-order valence-electron chi connectivity index (χ2n) is 2.85. The van der Waals surface area contributed by atoms with Gasteiger partial charge in [-0.15, -0.1) is 11.3 Å². The van der Waals surface area contributed by atoms with E-state index >= 15 is 0 Å². The predicted molar refractivity (Wildman–Crippen MR) is 58.8 cm³/mol.